The fourth-order valence-corrected chi connectivity index (χ4v) is 1.49. The second kappa shape index (κ2) is 3.46. The van der Waals surface area contributed by atoms with Crippen molar-refractivity contribution in [2.24, 2.45) is 5.92 Å². The first kappa shape index (κ1) is 8.18. The van der Waals surface area contributed by atoms with Gasteiger partial charge in [-0.1, -0.05) is 5.57 Å². The van der Waals surface area contributed by atoms with Gasteiger partial charge in [0.25, 0.3) is 0 Å². The summed E-state index contributed by atoms with van der Waals surface area (Å²) >= 11 is 0. The highest BCUT2D eigenvalue weighted by Gasteiger charge is 2.18. The number of hydrogen-bond donors (Lipinski definition) is 0. The van der Waals surface area contributed by atoms with Gasteiger partial charge in [0.2, 0.25) is 0 Å². The normalized spacial score (nSPS) is 25.0. The van der Waals surface area contributed by atoms with Crippen LogP contribution in [0, 0.1) is 5.92 Å². The molecule has 0 fully saturated rings. The van der Waals surface area contributed by atoms with Crippen molar-refractivity contribution >= 4 is 12.6 Å². The molecule has 2 heteroatoms. The zero-order valence-corrected chi connectivity index (χ0v) is 6.67. The van der Waals surface area contributed by atoms with Crippen LogP contribution >= 0.6 is 0 Å². The smallest absolute Gasteiger partial charge is 0.145 e. The van der Waals surface area contributed by atoms with Crippen LogP contribution in [0.25, 0.3) is 0 Å². The Morgan fingerprint density at radius 1 is 1.45 bits per heavy atom. The van der Waals surface area contributed by atoms with E-state index < -0.39 is 0 Å². The standard InChI is InChI=1S/C9H12O2/c1-7-8(5-10)3-2-4-9(7)6-11/h5-6,8H,2-4H2,1H3. The Bertz CT molecular complexity index is 204. The number of carbonyl (C=O) groups is 2. The zero-order chi connectivity index (χ0) is 8.27. The van der Waals surface area contributed by atoms with E-state index in [0.29, 0.717) is 0 Å². The van der Waals surface area contributed by atoms with Gasteiger partial charge in [-0.2, -0.15) is 0 Å². The van der Waals surface area contributed by atoms with Gasteiger partial charge in [0.1, 0.15) is 12.6 Å². The maximum Gasteiger partial charge on any atom is 0.145 e. The highest BCUT2D eigenvalue weighted by molar-refractivity contribution is 5.77. The Morgan fingerprint density at radius 3 is 2.73 bits per heavy atom. The Kier molecular flexibility index (Phi) is 2.58. The molecule has 2 nitrogen and oxygen atoms in total. The molecule has 1 rings (SSSR count). The highest BCUT2D eigenvalue weighted by Crippen LogP contribution is 2.26. The number of hydrogen-bond acceptors (Lipinski definition) is 2. The minimum Gasteiger partial charge on any atom is -0.303 e. The summed E-state index contributed by atoms with van der Waals surface area (Å²) in [7, 11) is 0. The predicted octanol–water partition coefficient (Wildman–Crippen LogP) is 1.50. The lowest BCUT2D eigenvalue weighted by Gasteiger charge is -2.18. The topological polar surface area (TPSA) is 34.1 Å². The monoisotopic (exact) mass is 152 g/mol. The molecule has 60 valence electrons. The lowest BCUT2D eigenvalue weighted by atomic mass is 9.85. The minimum absolute atomic E-state index is 0.00366. The van der Waals surface area contributed by atoms with Crippen molar-refractivity contribution in [3.05, 3.63) is 11.1 Å². The molecule has 0 aromatic rings. The van der Waals surface area contributed by atoms with Crippen LogP contribution in [-0.4, -0.2) is 12.6 Å². The SMILES string of the molecule is CC1=C(C=O)CCCC1C=O. The molecule has 1 unspecified atom stereocenters. The molecule has 11 heavy (non-hydrogen) atoms. The molecule has 0 N–H and O–H groups in total. The first-order valence-electron chi connectivity index (χ1n) is 3.89. The predicted molar refractivity (Wildman–Crippen MR) is 42.2 cm³/mol. The summed E-state index contributed by atoms with van der Waals surface area (Å²) in [6, 6.07) is 0. The summed E-state index contributed by atoms with van der Waals surface area (Å²) in [5, 5.41) is 0. The maximum atomic E-state index is 10.5. The lowest BCUT2D eigenvalue weighted by Crippen LogP contribution is -2.12. The van der Waals surface area contributed by atoms with Crippen LogP contribution in [0.15, 0.2) is 11.1 Å². The molecule has 0 saturated carbocycles. The molecule has 0 bridgehead atoms. The number of rotatable bonds is 2. The van der Waals surface area contributed by atoms with Crippen LogP contribution in [0.3, 0.4) is 0 Å². The van der Waals surface area contributed by atoms with Crippen LogP contribution in [-0.2, 0) is 9.59 Å². The molecule has 1 atom stereocenters. The van der Waals surface area contributed by atoms with Crippen LogP contribution in [0.4, 0.5) is 0 Å². The van der Waals surface area contributed by atoms with E-state index in [-0.39, 0.29) is 5.92 Å². The third kappa shape index (κ3) is 1.56. The van der Waals surface area contributed by atoms with Gasteiger partial charge in [0, 0.05) is 5.92 Å². The van der Waals surface area contributed by atoms with Gasteiger partial charge in [-0.15, -0.1) is 0 Å². The van der Waals surface area contributed by atoms with E-state index in [4.69, 9.17) is 0 Å². The second-order valence-corrected chi connectivity index (χ2v) is 2.96. The average molecular weight is 152 g/mol. The summed E-state index contributed by atoms with van der Waals surface area (Å²) in [5.41, 5.74) is 1.80. The van der Waals surface area contributed by atoms with Crippen molar-refractivity contribution in [1.29, 1.82) is 0 Å². The van der Waals surface area contributed by atoms with Crippen molar-refractivity contribution in [2.45, 2.75) is 26.2 Å². The van der Waals surface area contributed by atoms with Crippen molar-refractivity contribution < 1.29 is 9.59 Å². The Labute approximate surface area is 66.3 Å². The van der Waals surface area contributed by atoms with Gasteiger partial charge < -0.3 is 4.79 Å². The molecule has 0 saturated heterocycles. The molecule has 0 amide bonds. The second-order valence-electron chi connectivity index (χ2n) is 2.96. The van der Waals surface area contributed by atoms with Crippen LogP contribution < -0.4 is 0 Å². The third-order valence-corrected chi connectivity index (χ3v) is 2.33. The van der Waals surface area contributed by atoms with Gasteiger partial charge in [-0.25, -0.2) is 0 Å². The van der Waals surface area contributed by atoms with E-state index in [1.165, 1.54) is 0 Å². The van der Waals surface area contributed by atoms with Gasteiger partial charge in [-0.3, -0.25) is 4.79 Å². The van der Waals surface area contributed by atoms with Crippen LogP contribution in [0.5, 0.6) is 0 Å². The average Bonchev–Trinajstić information content (AvgIpc) is 2.05. The van der Waals surface area contributed by atoms with E-state index in [1.807, 2.05) is 6.92 Å². The van der Waals surface area contributed by atoms with Crippen LogP contribution in [0.1, 0.15) is 26.2 Å². The molecule has 0 radical (unpaired) electrons. The molecule has 0 aromatic carbocycles. The first-order valence-corrected chi connectivity index (χ1v) is 3.89. The summed E-state index contributed by atoms with van der Waals surface area (Å²) in [6.45, 7) is 1.88. The zero-order valence-electron chi connectivity index (χ0n) is 6.67. The molecule has 0 spiro atoms. The molecular weight excluding hydrogens is 140 g/mol. The van der Waals surface area contributed by atoms with Crippen molar-refractivity contribution in [2.75, 3.05) is 0 Å². The summed E-state index contributed by atoms with van der Waals surface area (Å²) < 4.78 is 0. The summed E-state index contributed by atoms with van der Waals surface area (Å²) in [4.78, 5) is 20.9. The number of allylic oxidation sites excluding steroid dienone is 2. The van der Waals surface area contributed by atoms with Gasteiger partial charge >= 0.3 is 0 Å². The van der Waals surface area contributed by atoms with Gasteiger partial charge in [0.05, 0.1) is 0 Å². The largest absolute Gasteiger partial charge is 0.303 e. The minimum atomic E-state index is 0.00366. The van der Waals surface area contributed by atoms with E-state index in [9.17, 15) is 9.59 Å². The molecule has 1 aliphatic rings. The van der Waals surface area contributed by atoms with Crippen molar-refractivity contribution in [1.82, 2.24) is 0 Å². The van der Waals surface area contributed by atoms with E-state index in [1.54, 1.807) is 0 Å². The number of carbonyl (C=O) groups excluding carboxylic acids is 2. The van der Waals surface area contributed by atoms with E-state index >= 15 is 0 Å². The Morgan fingerprint density at radius 2 is 2.18 bits per heavy atom. The third-order valence-electron chi connectivity index (χ3n) is 2.33. The molecule has 0 aromatic heterocycles. The summed E-state index contributed by atoms with van der Waals surface area (Å²) in [5.74, 6) is 0.00366. The fraction of sp³-hybridized carbons (Fsp3) is 0.556. The summed E-state index contributed by atoms with van der Waals surface area (Å²) in [6.07, 6.45) is 4.55. The number of aldehydes is 2. The van der Waals surface area contributed by atoms with E-state index in [0.717, 1.165) is 43.0 Å². The molecule has 0 heterocycles. The van der Waals surface area contributed by atoms with Gasteiger partial charge in [-0.05, 0) is 31.8 Å². The molecule has 1 aliphatic carbocycles. The quantitative estimate of drug-likeness (QED) is 0.562. The van der Waals surface area contributed by atoms with Crippen molar-refractivity contribution in [3.63, 3.8) is 0 Å². The Balaban J connectivity index is 2.87. The Hall–Kier alpha value is -0.920. The van der Waals surface area contributed by atoms with Crippen LogP contribution in [0.2, 0.25) is 0 Å². The molecule has 0 aliphatic heterocycles. The van der Waals surface area contributed by atoms with E-state index in [2.05, 4.69) is 0 Å². The van der Waals surface area contributed by atoms with Gasteiger partial charge in [0.15, 0.2) is 0 Å². The molecular formula is C9H12O2. The maximum absolute atomic E-state index is 10.5. The van der Waals surface area contributed by atoms with Crippen molar-refractivity contribution in [3.8, 4) is 0 Å². The first-order chi connectivity index (χ1) is 5.29. The fourth-order valence-electron chi connectivity index (χ4n) is 1.49. The highest BCUT2D eigenvalue weighted by atomic mass is 16.1. The lowest BCUT2D eigenvalue weighted by molar-refractivity contribution is -0.110.